The molecule has 1 N–H and O–H groups in total. The second-order valence-electron chi connectivity index (χ2n) is 5.17. The Labute approximate surface area is 145 Å². The monoisotopic (exact) mass is 360 g/mol. The summed E-state index contributed by atoms with van der Waals surface area (Å²) in [5.74, 6) is 0.116. The van der Waals surface area contributed by atoms with Crippen molar-refractivity contribution in [3.05, 3.63) is 48.2 Å². The molecule has 0 aliphatic heterocycles. The Bertz CT molecular complexity index is 977. The topological polar surface area (TPSA) is 83.8 Å². The van der Waals surface area contributed by atoms with E-state index < -0.39 is 6.36 Å². The highest BCUT2D eigenvalue weighted by molar-refractivity contribution is 5.75. The van der Waals surface area contributed by atoms with Crippen LogP contribution in [0.25, 0.3) is 22.4 Å². The minimum atomic E-state index is -4.78. The van der Waals surface area contributed by atoms with Gasteiger partial charge in [0.15, 0.2) is 5.69 Å². The van der Waals surface area contributed by atoms with Gasteiger partial charge < -0.3 is 9.47 Å². The van der Waals surface area contributed by atoms with Crippen LogP contribution in [0, 0.1) is 11.3 Å². The highest BCUT2D eigenvalue weighted by atomic mass is 19.4. The summed E-state index contributed by atoms with van der Waals surface area (Å²) in [6.45, 7) is 0. The van der Waals surface area contributed by atoms with E-state index in [0.29, 0.717) is 28.1 Å². The summed E-state index contributed by atoms with van der Waals surface area (Å²) in [6, 6.07) is 12.5. The Morgan fingerprint density at radius 3 is 2.46 bits per heavy atom. The van der Waals surface area contributed by atoms with Crippen LogP contribution in [0.4, 0.5) is 13.2 Å². The average molecular weight is 360 g/mol. The lowest BCUT2D eigenvalue weighted by molar-refractivity contribution is -0.274. The largest absolute Gasteiger partial charge is 0.573 e. The number of rotatable bonds is 4. The molecular weight excluding hydrogens is 349 g/mol. The number of hydrogen-bond acceptors (Lipinski definition) is 5. The molecule has 0 fully saturated rings. The summed E-state index contributed by atoms with van der Waals surface area (Å²) in [5, 5.41) is 19.1. The van der Waals surface area contributed by atoms with Crippen LogP contribution < -0.4 is 9.47 Å². The minimum absolute atomic E-state index is 0.165. The van der Waals surface area contributed by atoms with Crippen LogP contribution >= 0.6 is 0 Å². The number of hydrogen-bond donors (Lipinski definition) is 1. The summed E-state index contributed by atoms with van der Waals surface area (Å²) in [4.78, 5) is 0. The van der Waals surface area contributed by atoms with E-state index in [1.165, 1.54) is 25.3 Å². The van der Waals surface area contributed by atoms with Crippen molar-refractivity contribution in [1.82, 2.24) is 15.4 Å². The van der Waals surface area contributed by atoms with Gasteiger partial charge in [0.2, 0.25) is 0 Å². The molecule has 1 heterocycles. The van der Waals surface area contributed by atoms with Crippen molar-refractivity contribution in [1.29, 1.82) is 5.26 Å². The van der Waals surface area contributed by atoms with Gasteiger partial charge in [-0.25, -0.2) is 5.10 Å². The van der Waals surface area contributed by atoms with E-state index in [-0.39, 0.29) is 11.4 Å². The molecule has 0 saturated heterocycles. The van der Waals surface area contributed by atoms with Crippen LogP contribution in [0.3, 0.4) is 0 Å². The van der Waals surface area contributed by atoms with Gasteiger partial charge >= 0.3 is 6.36 Å². The number of nitrogens with zero attached hydrogens (tertiary/aromatic N) is 3. The zero-order valence-corrected chi connectivity index (χ0v) is 13.3. The van der Waals surface area contributed by atoms with Gasteiger partial charge in [0.1, 0.15) is 23.3 Å². The lowest BCUT2D eigenvalue weighted by atomic mass is 10.0. The van der Waals surface area contributed by atoms with E-state index in [1.54, 1.807) is 24.3 Å². The van der Waals surface area contributed by atoms with Crippen molar-refractivity contribution in [2.45, 2.75) is 6.36 Å². The molecule has 0 saturated carbocycles. The minimum Gasteiger partial charge on any atom is -0.497 e. The van der Waals surface area contributed by atoms with E-state index in [4.69, 9.17) is 10.00 Å². The normalized spacial score (nSPS) is 11.0. The first-order valence-electron chi connectivity index (χ1n) is 7.26. The Hall–Kier alpha value is -3.54. The first-order valence-corrected chi connectivity index (χ1v) is 7.26. The highest BCUT2D eigenvalue weighted by Gasteiger charge is 2.31. The zero-order chi connectivity index (χ0) is 18.7. The average Bonchev–Trinajstić information content (AvgIpc) is 3.09. The number of benzene rings is 2. The van der Waals surface area contributed by atoms with E-state index >= 15 is 0 Å². The summed E-state index contributed by atoms with van der Waals surface area (Å²) >= 11 is 0. The molecule has 0 spiro atoms. The highest BCUT2D eigenvalue weighted by Crippen LogP contribution is 2.33. The predicted octanol–water partition coefficient (Wildman–Crippen LogP) is 3.92. The summed E-state index contributed by atoms with van der Waals surface area (Å²) in [6.07, 6.45) is -4.78. The molecule has 0 aliphatic carbocycles. The summed E-state index contributed by atoms with van der Waals surface area (Å²) < 4.78 is 46.5. The molecule has 2 aromatic carbocycles. The fourth-order valence-electron chi connectivity index (χ4n) is 2.40. The number of H-pyrrole nitrogens is 1. The SMILES string of the molecule is COc1cc(-c2cccc(OC(F)(F)F)c2)cc(-c2nn[nH]c2C#N)c1. The molecule has 3 aromatic rings. The Balaban J connectivity index is 2.07. The van der Waals surface area contributed by atoms with Crippen LogP contribution in [0.1, 0.15) is 5.69 Å². The molecule has 0 amide bonds. The van der Waals surface area contributed by atoms with Crippen molar-refractivity contribution in [2.75, 3.05) is 7.11 Å². The van der Waals surface area contributed by atoms with Crippen molar-refractivity contribution in [3.8, 4) is 40.0 Å². The summed E-state index contributed by atoms with van der Waals surface area (Å²) in [5.41, 5.74) is 2.06. The maximum atomic E-state index is 12.4. The number of aromatic amines is 1. The molecule has 132 valence electrons. The zero-order valence-electron chi connectivity index (χ0n) is 13.3. The van der Waals surface area contributed by atoms with Crippen molar-refractivity contribution in [2.24, 2.45) is 0 Å². The van der Waals surface area contributed by atoms with Crippen LogP contribution in [0.2, 0.25) is 0 Å². The molecule has 6 nitrogen and oxygen atoms in total. The predicted molar refractivity (Wildman–Crippen MR) is 85.2 cm³/mol. The molecule has 0 bridgehead atoms. The third-order valence-corrected chi connectivity index (χ3v) is 3.48. The quantitative estimate of drug-likeness (QED) is 0.762. The number of alkyl halides is 3. The van der Waals surface area contributed by atoms with Crippen molar-refractivity contribution >= 4 is 0 Å². The van der Waals surface area contributed by atoms with Gasteiger partial charge in [-0.1, -0.05) is 17.3 Å². The van der Waals surface area contributed by atoms with Gasteiger partial charge in [-0.05, 0) is 41.5 Å². The number of nitrogens with one attached hydrogen (secondary N) is 1. The van der Waals surface area contributed by atoms with E-state index in [2.05, 4.69) is 20.1 Å². The first-order chi connectivity index (χ1) is 12.4. The number of halogens is 3. The van der Waals surface area contributed by atoms with Gasteiger partial charge in [0, 0.05) is 5.56 Å². The number of ether oxygens (including phenoxy) is 2. The summed E-state index contributed by atoms with van der Waals surface area (Å²) in [7, 11) is 1.46. The van der Waals surface area contributed by atoms with E-state index in [1.807, 2.05) is 6.07 Å². The third kappa shape index (κ3) is 3.75. The van der Waals surface area contributed by atoms with Crippen LogP contribution in [0.15, 0.2) is 42.5 Å². The lowest BCUT2D eigenvalue weighted by Crippen LogP contribution is -2.17. The van der Waals surface area contributed by atoms with Gasteiger partial charge in [-0.2, -0.15) is 5.26 Å². The van der Waals surface area contributed by atoms with Crippen LogP contribution in [0.5, 0.6) is 11.5 Å². The molecule has 0 aliphatic rings. The van der Waals surface area contributed by atoms with E-state index in [9.17, 15) is 13.2 Å². The van der Waals surface area contributed by atoms with Crippen LogP contribution in [-0.2, 0) is 0 Å². The van der Waals surface area contributed by atoms with Crippen LogP contribution in [-0.4, -0.2) is 28.9 Å². The fourth-order valence-corrected chi connectivity index (χ4v) is 2.40. The second kappa shape index (κ2) is 6.76. The molecule has 1 aromatic heterocycles. The molecule has 0 unspecified atom stereocenters. The molecular formula is C17H11F3N4O2. The van der Waals surface area contributed by atoms with Gasteiger partial charge in [0.05, 0.1) is 7.11 Å². The number of nitriles is 1. The molecule has 9 heteroatoms. The van der Waals surface area contributed by atoms with Gasteiger partial charge in [-0.3, -0.25) is 0 Å². The van der Waals surface area contributed by atoms with Gasteiger partial charge in [-0.15, -0.1) is 18.3 Å². The lowest BCUT2D eigenvalue weighted by Gasteiger charge is -2.12. The Morgan fingerprint density at radius 1 is 1.04 bits per heavy atom. The Morgan fingerprint density at radius 2 is 1.77 bits per heavy atom. The first kappa shape index (κ1) is 17.3. The maximum absolute atomic E-state index is 12.4. The number of methoxy groups -OCH3 is 1. The van der Waals surface area contributed by atoms with Gasteiger partial charge in [0.25, 0.3) is 0 Å². The molecule has 0 atom stereocenters. The standard InChI is InChI=1S/C17H11F3N4O2/c1-25-14-7-11(5-12(8-14)16-15(9-21)22-24-23-16)10-3-2-4-13(6-10)26-17(18,19)20/h2-8H,1H3,(H,22,23,24). The smallest absolute Gasteiger partial charge is 0.497 e. The maximum Gasteiger partial charge on any atom is 0.573 e. The second-order valence-corrected chi connectivity index (χ2v) is 5.17. The number of aromatic nitrogens is 3. The molecule has 26 heavy (non-hydrogen) atoms. The fraction of sp³-hybridized carbons (Fsp3) is 0.118. The Kier molecular flexibility index (Phi) is 4.49. The molecule has 3 rings (SSSR count). The third-order valence-electron chi connectivity index (χ3n) is 3.48. The van der Waals surface area contributed by atoms with E-state index in [0.717, 1.165) is 0 Å². The molecule has 0 radical (unpaired) electrons. The van der Waals surface area contributed by atoms with Crippen molar-refractivity contribution < 1.29 is 22.6 Å². The van der Waals surface area contributed by atoms with Crippen molar-refractivity contribution in [3.63, 3.8) is 0 Å².